The van der Waals surface area contributed by atoms with Gasteiger partial charge in [-0.15, -0.1) is 0 Å². The minimum atomic E-state index is -5.08. The Morgan fingerprint density at radius 3 is 1.67 bits per heavy atom. The van der Waals surface area contributed by atoms with Gasteiger partial charge in [0.1, 0.15) is 0 Å². The average molecular weight is 725 g/mol. The van der Waals surface area contributed by atoms with Crippen molar-refractivity contribution in [3.05, 3.63) is 30.1 Å². The Morgan fingerprint density at radius 1 is 0.816 bits per heavy atom. The van der Waals surface area contributed by atoms with Crippen LogP contribution in [0.15, 0.2) is 24.5 Å². The number of pyridine rings is 1. The Hall–Kier alpha value is -3.68. The van der Waals surface area contributed by atoms with Crippen molar-refractivity contribution in [1.29, 1.82) is 0 Å². The largest absolute Gasteiger partial charge is 0.490 e. The number of alkyl halides is 9. The van der Waals surface area contributed by atoms with E-state index in [0.29, 0.717) is 5.91 Å². The molecule has 49 heavy (non-hydrogen) atoms. The van der Waals surface area contributed by atoms with Crippen LogP contribution in [0.5, 0.6) is 0 Å². The monoisotopic (exact) mass is 724 g/mol. The number of amides is 1. The summed E-state index contributed by atoms with van der Waals surface area (Å²) in [6, 6.07) is 4.19. The minimum Gasteiger partial charge on any atom is -0.475 e. The van der Waals surface area contributed by atoms with E-state index in [1.807, 2.05) is 18.5 Å². The van der Waals surface area contributed by atoms with Crippen molar-refractivity contribution >= 4 is 23.8 Å². The summed E-state index contributed by atoms with van der Waals surface area (Å²) in [5, 5.41) is 21.4. The molecule has 3 aliphatic heterocycles. The van der Waals surface area contributed by atoms with E-state index in [2.05, 4.69) is 32.7 Å². The highest BCUT2D eigenvalue weighted by atomic mass is 19.4. The second-order valence-corrected chi connectivity index (χ2v) is 12.2. The molecule has 11 nitrogen and oxygen atoms in total. The molecule has 278 valence electrons. The first-order valence-corrected chi connectivity index (χ1v) is 15.0. The molecule has 0 bridgehead atoms. The van der Waals surface area contributed by atoms with Gasteiger partial charge in [0.2, 0.25) is 5.91 Å². The summed E-state index contributed by atoms with van der Waals surface area (Å²) in [6.07, 6.45) is -5.16. The number of carboxylic acids is 3. The number of nitrogens with zero attached hydrogens (tertiary/aromatic N) is 4. The highest BCUT2D eigenvalue weighted by Crippen LogP contribution is 2.58. The number of piperidine rings is 1. The highest BCUT2D eigenvalue weighted by molar-refractivity contribution is 5.86. The lowest BCUT2D eigenvalue weighted by Crippen LogP contribution is -2.53. The molecular formula is C29H37F9N4O7. The lowest BCUT2D eigenvalue weighted by Gasteiger charge is -2.47. The summed E-state index contributed by atoms with van der Waals surface area (Å²) >= 11 is 0. The van der Waals surface area contributed by atoms with Crippen LogP contribution in [0.2, 0.25) is 0 Å². The third-order valence-electron chi connectivity index (χ3n) is 8.80. The summed E-state index contributed by atoms with van der Waals surface area (Å²) in [7, 11) is 0. The van der Waals surface area contributed by atoms with Crippen LogP contribution in [0.3, 0.4) is 0 Å². The maximum atomic E-state index is 13.6. The van der Waals surface area contributed by atoms with Gasteiger partial charge in [-0.2, -0.15) is 39.5 Å². The molecule has 2 spiro atoms. The molecule has 3 N–H and O–H groups in total. The van der Waals surface area contributed by atoms with Crippen molar-refractivity contribution in [2.24, 2.45) is 16.7 Å². The number of likely N-dealkylation sites (tertiary alicyclic amines) is 3. The summed E-state index contributed by atoms with van der Waals surface area (Å²) in [5.74, 6) is -6.87. The van der Waals surface area contributed by atoms with Crippen LogP contribution in [0.1, 0.15) is 44.6 Å². The van der Waals surface area contributed by atoms with Crippen LogP contribution in [-0.2, 0) is 25.7 Å². The standard InChI is InChI=1S/C23H34N4O.3C2HF3O2/c1-2-27-13-9-23(21(27)28)18-26(16-20-4-3-10-24-14-20)17-22(23)7-11-25(12-8-22)15-19-5-6-19;3*3-2(4,5)1(6)7/h3-4,10,14,19H,2,5-9,11-13,15-18H2,1H3;3*(H,6,7). The molecule has 4 heterocycles. The number of hydrogen-bond acceptors (Lipinski definition) is 7. The Kier molecular flexibility index (Phi) is 13.8. The van der Waals surface area contributed by atoms with Gasteiger partial charge in [0.15, 0.2) is 0 Å². The van der Waals surface area contributed by atoms with Gasteiger partial charge in [0.25, 0.3) is 0 Å². The van der Waals surface area contributed by atoms with Gasteiger partial charge in [-0.05, 0) is 69.7 Å². The Morgan fingerprint density at radius 2 is 1.31 bits per heavy atom. The van der Waals surface area contributed by atoms with Crippen molar-refractivity contribution in [3.8, 4) is 0 Å². The maximum absolute atomic E-state index is 13.6. The summed E-state index contributed by atoms with van der Waals surface area (Å²) in [5.41, 5.74) is 1.27. The van der Waals surface area contributed by atoms with Gasteiger partial charge >= 0.3 is 36.4 Å². The van der Waals surface area contributed by atoms with Crippen LogP contribution >= 0.6 is 0 Å². The van der Waals surface area contributed by atoms with Crippen molar-refractivity contribution < 1.29 is 74.0 Å². The van der Waals surface area contributed by atoms with Gasteiger partial charge in [-0.1, -0.05) is 6.07 Å². The van der Waals surface area contributed by atoms with Gasteiger partial charge in [0, 0.05) is 57.1 Å². The fourth-order valence-corrected chi connectivity index (χ4v) is 6.29. The van der Waals surface area contributed by atoms with E-state index < -0.39 is 36.4 Å². The number of carboxylic acid groups (broad SMARTS) is 3. The van der Waals surface area contributed by atoms with Gasteiger partial charge in [-0.3, -0.25) is 14.7 Å². The van der Waals surface area contributed by atoms with E-state index in [1.54, 1.807) is 0 Å². The van der Waals surface area contributed by atoms with E-state index >= 15 is 0 Å². The van der Waals surface area contributed by atoms with Gasteiger partial charge < -0.3 is 25.1 Å². The predicted octanol–water partition coefficient (Wildman–Crippen LogP) is 4.53. The maximum Gasteiger partial charge on any atom is 0.490 e. The zero-order chi connectivity index (χ0) is 37.4. The number of fused-ring (bicyclic) bond motifs is 1. The molecule has 1 saturated carbocycles. The molecule has 1 amide bonds. The summed E-state index contributed by atoms with van der Waals surface area (Å²) in [4.78, 5) is 51.9. The zero-order valence-corrected chi connectivity index (χ0v) is 26.2. The number of carbonyl (C=O) groups excluding carboxylic acids is 1. The molecule has 1 unspecified atom stereocenters. The van der Waals surface area contributed by atoms with Crippen LogP contribution < -0.4 is 0 Å². The molecule has 3 saturated heterocycles. The number of aromatic nitrogens is 1. The molecule has 4 aliphatic rings. The molecule has 1 aromatic heterocycles. The number of rotatable bonds is 5. The average Bonchev–Trinajstić information content (AvgIpc) is 3.68. The highest BCUT2D eigenvalue weighted by Gasteiger charge is 2.64. The lowest BCUT2D eigenvalue weighted by atomic mass is 9.60. The van der Waals surface area contributed by atoms with Crippen LogP contribution in [0.25, 0.3) is 0 Å². The second-order valence-electron chi connectivity index (χ2n) is 12.2. The molecule has 0 radical (unpaired) electrons. The zero-order valence-electron chi connectivity index (χ0n) is 26.2. The molecular weight excluding hydrogens is 687 g/mol. The SMILES string of the molecule is CCN1CCC2(CN(Cc3cccnc3)CC23CCN(CC2CC2)CC3)C1=O.O=C(O)C(F)(F)F.O=C(O)C(F)(F)F.O=C(O)C(F)(F)F. The molecule has 1 atom stereocenters. The van der Waals surface area contributed by atoms with E-state index in [-0.39, 0.29) is 10.8 Å². The number of halogens is 9. The van der Waals surface area contributed by atoms with E-state index in [9.17, 15) is 44.3 Å². The fraction of sp³-hybridized carbons (Fsp3) is 0.690. The quantitative estimate of drug-likeness (QED) is 0.370. The Bertz CT molecular complexity index is 1230. The molecule has 1 aliphatic carbocycles. The first-order chi connectivity index (χ1) is 22.5. The molecule has 5 rings (SSSR count). The molecule has 4 fully saturated rings. The lowest BCUT2D eigenvalue weighted by molar-refractivity contribution is -0.193. The first kappa shape index (κ1) is 41.5. The van der Waals surface area contributed by atoms with E-state index in [4.69, 9.17) is 29.7 Å². The molecule has 0 aromatic carbocycles. The van der Waals surface area contributed by atoms with Crippen LogP contribution in [0.4, 0.5) is 39.5 Å². The predicted molar refractivity (Wildman–Crippen MR) is 151 cm³/mol. The third-order valence-corrected chi connectivity index (χ3v) is 8.80. The number of hydrogen-bond donors (Lipinski definition) is 3. The normalized spacial score (nSPS) is 22.4. The van der Waals surface area contributed by atoms with Crippen molar-refractivity contribution in [1.82, 2.24) is 19.7 Å². The molecule has 20 heteroatoms. The third kappa shape index (κ3) is 11.7. The van der Waals surface area contributed by atoms with E-state index in [1.165, 1.54) is 50.9 Å². The first-order valence-electron chi connectivity index (χ1n) is 15.0. The second kappa shape index (κ2) is 16.4. The number of carbonyl (C=O) groups is 4. The van der Waals surface area contributed by atoms with Gasteiger partial charge in [0.05, 0.1) is 5.41 Å². The summed E-state index contributed by atoms with van der Waals surface area (Å²) in [6.45, 7) is 10.5. The van der Waals surface area contributed by atoms with Crippen molar-refractivity contribution in [3.63, 3.8) is 0 Å². The van der Waals surface area contributed by atoms with Crippen LogP contribution in [0, 0.1) is 16.7 Å². The fourth-order valence-electron chi connectivity index (χ4n) is 6.29. The summed E-state index contributed by atoms with van der Waals surface area (Å²) < 4.78 is 95.2. The minimum absolute atomic E-state index is 0.156. The smallest absolute Gasteiger partial charge is 0.475 e. The Labute approximate surface area is 274 Å². The van der Waals surface area contributed by atoms with Gasteiger partial charge in [-0.25, -0.2) is 14.4 Å². The molecule has 1 aromatic rings. The van der Waals surface area contributed by atoms with Crippen LogP contribution in [-0.4, -0.2) is 123 Å². The number of aliphatic carboxylic acids is 3. The van der Waals surface area contributed by atoms with Crippen molar-refractivity contribution in [2.75, 3.05) is 45.8 Å². The van der Waals surface area contributed by atoms with Crippen molar-refractivity contribution in [2.45, 2.75) is 64.1 Å². The topological polar surface area (TPSA) is 152 Å². The van der Waals surface area contributed by atoms with E-state index in [0.717, 1.165) is 45.1 Å². The Balaban J connectivity index is 0.000000325.